The van der Waals surface area contributed by atoms with E-state index >= 15 is 0 Å². The van der Waals surface area contributed by atoms with Crippen molar-refractivity contribution in [2.75, 3.05) is 11.4 Å². The first-order valence-electron chi connectivity index (χ1n) is 12.4. The average molecular weight is 488 g/mol. The van der Waals surface area contributed by atoms with Crippen molar-refractivity contribution in [3.05, 3.63) is 88.9 Å². The number of carbonyl (C=O) groups is 3. The number of furan rings is 1. The summed E-state index contributed by atoms with van der Waals surface area (Å²) in [6.07, 6.45) is 5.43. The Bertz CT molecular complexity index is 1230. The highest BCUT2D eigenvalue weighted by Gasteiger charge is 2.35. The van der Waals surface area contributed by atoms with E-state index in [1.165, 1.54) is 17.2 Å². The Balaban J connectivity index is 1.74. The molecule has 0 aliphatic heterocycles. The fraction of sp³-hybridized carbons (Fsp3) is 0.345. The standard InChI is InChI=1S/C29H33N3O4/c1-19-14-15-21(3)24(17-19)32(26(33)18-30-28(34)25-13-8-16-36-25)27(23-12-7-4-9-20(23)2)29(35)31-22-10-5-6-11-22/h4,7-9,12-17,22,27H,5-6,10-11,18H2,1-3H3,(H,30,34)(H,31,35)/t27-/m0/s1. The van der Waals surface area contributed by atoms with Crippen LogP contribution >= 0.6 is 0 Å². The fourth-order valence-electron chi connectivity index (χ4n) is 4.77. The molecule has 1 aliphatic carbocycles. The smallest absolute Gasteiger partial charge is 0.287 e. The van der Waals surface area contributed by atoms with Crippen molar-refractivity contribution >= 4 is 23.4 Å². The Hall–Kier alpha value is -3.87. The van der Waals surface area contributed by atoms with Gasteiger partial charge in [-0.2, -0.15) is 0 Å². The van der Waals surface area contributed by atoms with Crippen LogP contribution in [0.4, 0.5) is 5.69 Å². The summed E-state index contributed by atoms with van der Waals surface area (Å²) in [7, 11) is 0. The highest BCUT2D eigenvalue weighted by Crippen LogP contribution is 2.33. The third-order valence-electron chi connectivity index (χ3n) is 6.73. The number of hydrogen-bond acceptors (Lipinski definition) is 4. The van der Waals surface area contributed by atoms with E-state index in [0.717, 1.165) is 47.9 Å². The Morgan fingerprint density at radius 1 is 0.972 bits per heavy atom. The Kier molecular flexibility index (Phi) is 7.88. The van der Waals surface area contributed by atoms with Gasteiger partial charge >= 0.3 is 0 Å². The lowest BCUT2D eigenvalue weighted by atomic mass is 9.96. The second-order valence-corrected chi connectivity index (χ2v) is 9.46. The molecule has 1 fully saturated rings. The Labute approximate surface area is 211 Å². The summed E-state index contributed by atoms with van der Waals surface area (Å²) in [6, 6.07) is 15.8. The van der Waals surface area contributed by atoms with Crippen LogP contribution in [-0.4, -0.2) is 30.3 Å². The number of anilines is 1. The van der Waals surface area contributed by atoms with Gasteiger partial charge in [-0.05, 0) is 74.1 Å². The van der Waals surface area contributed by atoms with E-state index in [1.807, 2.05) is 63.2 Å². The van der Waals surface area contributed by atoms with Gasteiger partial charge in [0.25, 0.3) is 5.91 Å². The first kappa shape index (κ1) is 25.2. The van der Waals surface area contributed by atoms with Gasteiger partial charge in [0, 0.05) is 11.7 Å². The SMILES string of the molecule is Cc1ccc(C)c(N(C(=O)CNC(=O)c2ccco2)[C@H](C(=O)NC2CCCC2)c2ccccc2C)c1. The molecular formula is C29H33N3O4. The molecule has 0 bridgehead atoms. The second kappa shape index (κ2) is 11.2. The van der Waals surface area contributed by atoms with E-state index in [1.54, 1.807) is 6.07 Å². The molecule has 1 aliphatic rings. The molecule has 1 atom stereocenters. The summed E-state index contributed by atoms with van der Waals surface area (Å²) >= 11 is 0. The van der Waals surface area contributed by atoms with Crippen molar-refractivity contribution in [1.29, 1.82) is 0 Å². The number of benzene rings is 2. The number of nitrogens with one attached hydrogen (secondary N) is 2. The predicted octanol–water partition coefficient (Wildman–Crippen LogP) is 4.77. The van der Waals surface area contributed by atoms with Crippen molar-refractivity contribution in [1.82, 2.24) is 10.6 Å². The molecule has 0 saturated heterocycles. The summed E-state index contributed by atoms with van der Waals surface area (Å²) < 4.78 is 5.15. The van der Waals surface area contributed by atoms with Gasteiger partial charge in [-0.15, -0.1) is 0 Å². The third kappa shape index (κ3) is 5.67. The predicted molar refractivity (Wildman–Crippen MR) is 139 cm³/mol. The topological polar surface area (TPSA) is 91.7 Å². The van der Waals surface area contributed by atoms with Crippen LogP contribution in [0.25, 0.3) is 0 Å². The van der Waals surface area contributed by atoms with Crippen LogP contribution in [0.3, 0.4) is 0 Å². The zero-order valence-electron chi connectivity index (χ0n) is 21.0. The van der Waals surface area contributed by atoms with Gasteiger partial charge in [0.1, 0.15) is 6.04 Å². The van der Waals surface area contributed by atoms with Gasteiger partial charge in [0.2, 0.25) is 11.8 Å². The number of rotatable bonds is 8. The lowest BCUT2D eigenvalue weighted by molar-refractivity contribution is -0.126. The molecule has 0 radical (unpaired) electrons. The summed E-state index contributed by atoms with van der Waals surface area (Å²) in [6.45, 7) is 5.52. The molecule has 1 saturated carbocycles. The molecule has 2 aromatic carbocycles. The first-order chi connectivity index (χ1) is 17.3. The monoisotopic (exact) mass is 487 g/mol. The van der Waals surface area contributed by atoms with Gasteiger partial charge < -0.3 is 15.1 Å². The van der Waals surface area contributed by atoms with Crippen LogP contribution in [0.15, 0.2) is 65.3 Å². The molecule has 36 heavy (non-hydrogen) atoms. The molecule has 2 N–H and O–H groups in total. The minimum absolute atomic E-state index is 0.0956. The molecule has 3 aromatic rings. The van der Waals surface area contributed by atoms with Crippen LogP contribution in [0.5, 0.6) is 0 Å². The number of aryl methyl sites for hydroxylation is 3. The van der Waals surface area contributed by atoms with Crippen molar-refractivity contribution in [2.24, 2.45) is 0 Å². The van der Waals surface area contributed by atoms with Crippen LogP contribution in [0, 0.1) is 20.8 Å². The van der Waals surface area contributed by atoms with Crippen molar-refractivity contribution < 1.29 is 18.8 Å². The number of nitrogens with zero attached hydrogens (tertiary/aromatic N) is 1. The maximum absolute atomic E-state index is 13.9. The van der Waals surface area contributed by atoms with Gasteiger partial charge in [-0.25, -0.2) is 0 Å². The van der Waals surface area contributed by atoms with Gasteiger partial charge in [-0.3, -0.25) is 19.3 Å². The number of carbonyl (C=O) groups excluding carboxylic acids is 3. The molecule has 188 valence electrons. The van der Waals surface area contributed by atoms with Crippen LogP contribution < -0.4 is 15.5 Å². The van der Waals surface area contributed by atoms with Crippen molar-refractivity contribution in [3.8, 4) is 0 Å². The maximum Gasteiger partial charge on any atom is 0.287 e. The van der Waals surface area contributed by atoms with Crippen molar-refractivity contribution in [2.45, 2.75) is 58.5 Å². The molecule has 1 aromatic heterocycles. The minimum Gasteiger partial charge on any atom is -0.459 e. The quantitative estimate of drug-likeness (QED) is 0.479. The summed E-state index contributed by atoms with van der Waals surface area (Å²) in [5.41, 5.74) is 4.12. The number of hydrogen-bond donors (Lipinski definition) is 2. The van der Waals surface area contributed by atoms with Gasteiger partial charge in [0.15, 0.2) is 5.76 Å². The molecule has 3 amide bonds. The molecule has 4 rings (SSSR count). The van der Waals surface area contributed by atoms with Crippen LogP contribution in [0.2, 0.25) is 0 Å². The van der Waals surface area contributed by atoms with E-state index in [2.05, 4.69) is 10.6 Å². The Morgan fingerprint density at radius 3 is 2.42 bits per heavy atom. The Morgan fingerprint density at radius 2 is 1.72 bits per heavy atom. The molecule has 0 unspecified atom stereocenters. The van der Waals surface area contributed by atoms with E-state index in [-0.39, 0.29) is 24.3 Å². The average Bonchev–Trinajstić information content (AvgIpc) is 3.58. The van der Waals surface area contributed by atoms with E-state index < -0.39 is 17.9 Å². The van der Waals surface area contributed by atoms with E-state index in [9.17, 15) is 14.4 Å². The second-order valence-electron chi connectivity index (χ2n) is 9.46. The van der Waals surface area contributed by atoms with E-state index in [4.69, 9.17) is 4.42 Å². The molecule has 0 spiro atoms. The minimum atomic E-state index is -0.889. The van der Waals surface area contributed by atoms with Crippen LogP contribution in [-0.2, 0) is 9.59 Å². The first-order valence-corrected chi connectivity index (χ1v) is 12.4. The summed E-state index contributed by atoms with van der Waals surface area (Å²) in [5, 5.41) is 5.84. The zero-order valence-corrected chi connectivity index (χ0v) is 21.0. The van der Waals surface area contributed by atoms with Gasteiger partial charge in [-0.1, -0.05) is 49.2 Å². The van der Waals surface area contributed by atoms with Gasteiger partial charge in [0.05, 0.1) is 12.8 Å². The maximum atomic E-state index is 13.9. The highest BCUT2D eigenvalue weighted by molar-refractivity contribution is 6.04. The molecule has 7 nitrogen and oxygen atoms in total. The van der Waals surface area contributed by atoms with Crippen LogP contribution in [0.1, 0.15) is 64.5 Å². The molecular weight excluding hydrogens is 454 g/mol. The zero-order chi connectivity index (χ0) is 25.7. The third-order valence-corrected chi connectivity index (χ3v) is 6.73. The summed E-state index contributed by atoms with van der Waals surface area (Å²) in [4.78, 5) is 41.8. The largest absolute Gasteiger partial charge is 0.459 e. The fourth-order valence-corrected chi connectivity index (χ4v) is 4.77. The summed E-state index contributed by atoms with van der Waals surface area (Å²) in [5.74, 6) is -0.978. The normalized spacial score (nSPS) is 14.3. The molecule has 7 heteroatoms. The number of amides is 3. The highest BCUT2D eigenvalue weighted by atomic mass is 16.3. The van der Waals surface area contributed by atoms with E-state index in [0.29, 0.717) is 5.69 Å². The lowest BCUT2D eigenvalue weighted by Crippen LogP contribution is -2.49. The lowest BCUT2D eigenvalue weighted by Gasteiger charge is -2.34. The van der Waals surface area contributed by atoms with Crippen molar-refractivity contribution in [3.63, 3.8) is 0 Å². The molecule has 1 heterocycles.